The highest BCUT2D eigenvalue weighted by Gasteiger charge is 2.10. The van der Waals surface area contributed by atoms with Gasteiger partial charge in [0.25, 0.3) is 0 Å². The summed E-state index contributed by atoms with van der Waals surface area (Å²) in [7, 11) is 6.25. The third kappa shape index (κ3) is 9.68. The van der Waals surface area contributed by atoms with Gasteiger partial charge in [-0.25, -0.2) is 4.79 Å². The number of carboxylic acids is 1. The molecular weight excluding hydrogens is 294 g/mol. The molecule has 23 heavy (non-hydrogen) atoms. The molecule has 130 valence electrons. The van der Waals surface area contributed by atoms with Gasteiger partial charge in [0.1, 0.15) is 0 Å². The summed E-state index contributed by atoms with van der Waals surface area (Å²) in [5.74, 6) is -1.95. The van der Waals surface area contributed by atoms with Crippen LogP contribution in [0.25, 0.3) is 0 Å². The van der Waals surface area contributed by atoms with Gasteiger partial charge in [-0.05, 0) is 12.5 Å². The maximum absolute atomic E-state index is 11.9. The number of aromatic carboxylic acids is 1. The van der Waals surface area contributed by atoms with E-state index in [9.17, 15) is 14.7 Å². The second-order valence-electron chi connectivity index (χ2n) is 6.10. The molecule has 0 fully saturated rings. The summed E-state index contributed by atoms with van der Waals surface area (Å²) < 4.78 is 0. The lowest BCUT2D eigenvalue weighted by molar-refractivity contribution is -0.836. The van der Waals surface area contributed by atoms with E-state index >= 15 is 0 Å². The van der Waals surface area contributed by atoms with Gasteiger partial charge in [0.05, 0.1) is 26.7 Å². The smallest absolute Gasteiger partial charge is 0.335 e. The minimum atomic E-state index is -1.29. The molecule has 0 aromatic heterocycles. The van der Waals surface area contributed by atoms with Gasteiger partial charge < -0.3 is 15.1 Å². The van der Waals surface area contributed by atoms with E-state index in [-0.39, 0.29) is 11.3 Å². The van der Waals surface area contributed by atoms with Crippen LogP contribution in [0.5, 0.6) is 5.75 Å². The van der Waals surface area contributed by atoms with Crippen molar-refractivity contribution < 1.29 is 24.7 Å². The SMILES string of the molecule is CCCCCCCC(=O)c1ccc([O-])c(C(=O)O)c1.C[NH+](C)C. The van der Waals surface area contributed by atoms with Crippen molar-refractivity contribution in [1.82, 2.24) is 0 Å². The predicted molar refractivity (Wildman–Crippen MR) is 89.3 cm³/mol. The van der Waals surface area contributed by atoms with E-state index in [1.165, 1.54) is 23.5 Å². The second-order valence-corrected chi connectivity index (χ2v) is 6.10. The topological polar surface area (TPSA) is 81.9 Å². The average Bonchev–Trinajstić information content (AvgIpc) is 2.46. The lowest BCUT2D eigenvalue weighted by Crippen LogP contribution is -3.02. The van der Waals surface area contributed by atoms with Gasteiger partial charge in [0, 0.05) is 12.0 Å². The molecule has 0 radical (unpaired) electrons. The van der Waals surface area contributed by atoms with Crippen molar-refractivity contribution in [3.63, 3.8) is 0 Å². The fourth-order valence-corrected chi connectivity index (χ4v) is 1.90. The number of hydrogen-bond donors (Lipinski definition) is 2. The molecule has 5 heteroatoms. The zero-order valence-corrected chi connectivity index (χ0v) is 14.6. The number of carboxylic acid groups (broad SMARTS) is 1. The summed E-state index contributed by atoms with van der Waals surface area (Å²) >= 11 is 0. The number of quaternary nitrogens is 1. The van der Waals surface area contributed by atoms with Crippen LogP contribution in [0.15, 0.2) is 18.2 Å². The Kier molecular flexibility index (Phi) is 10.7. The number of carbonyl (C=O) groups is 2. The highest BCUT2D eigenvalue weighted by molar-refractivity contribution is 5.99. The molecule has 2 N–H and O–H groups in total. The van der Waals surface area contributed by atoms with Crippen molar-refractivity contribution in [2.75, 3.05) is 21.1 Å². The third-order valence-corrected chi connectivity index (χ3v) is 3.04. The molecule has 0 saturated carbocycles. The minimum Gasteiger partial charge on any atom is -0.872 e. The van der Waals surface area contributed by atoms with E-state index in [0.29, 0.717) is 12.0 Å². The first-order chi connectivity index (χ1) is 10.8. The number of rotatable bonds is 8. The highest BCUT2D eigenvalue weighted by Crippen LogP contribution is 2.18. The lowest BCUT2D eigenvalue weighted by atomic mass is 10.0. The van der Waals surface area contributed by atoms with Crippen LogP contribution >= 0.6 is 0 Å². The van der Waals surface area contributed by atoms with Gasteiger partial charge in [-0.3, -0.25) is 4.79 Å². The highest BCUT2D eigenvalue weighted by atomic mass is 16.4. The van der Waals surface area contributed by atoms with Crippen LogP contribution in [-0.2, 0) is 0 Å². The standard InChI is InChI=1S/C15H20O4.C3H9N/c1-2-3-4-5-6-7-13(16)11-8-9-14(17)12(10-11)15(18)19;1-4(2)3/h8-10,17H,2-7H2,1H3,(H,18,19);1-3H3. The Hall–Kier alpha value is -1.88. The van der Waals surface area contributed by atoms with Crippen molar-refractivity contribution in [3.05, 3.63) is 29.3 Å². The van der Waals surface area contributed by atoms with E-state index in [4.69, 9.17) is 5.11 Å². The molecule has 0 unspecified atom stereocenters. The minimum absolute atomic E-state index is 0.0981. The Labute approximate surface area is 138 Å². The lowest BCUT2D eigenvalue weighted by Gasteiger charge is -2.11. The maximum atomic E-state index is 11.9. The Morgan fingerprint density at radius 2 is 1.65 bits per heavy atom. The molecule has 0 amide bonds. The van der Waals surface area contributed by atoms with Crippen LogP contribution in [0.4, 0.5) is 0 Å². The molecule has 1 aromatic rings. The fraction of sp³-hybridized carbons (Fsp3) is 0.556. The van der Waals surface area contributed by atoms with Gasteiger partial charge in [-0.15, -0.1) is 0 Å². The van der Waals surface area contributed by atoms with Crippen LogP contribution in [0, 0.1) is 0 Å². The third-order valence-electron chi connectivity index (χ3n) is 3.04. The molecule has 0 aliphatic rings. The van der Waals surface area contributed by atoms with E-state index in [1.807, 2.05) is 0 Å². The van der Waals surface area contributed by atoms with Gasteiger partial charge in [-0.2, -0.15) is 0 Å². The summed E-state index contributed by atoms with van der Waals surface area (Å²) in [5.41, 5.74) is -0.0238. The van der Waals surface area contributed by atoms with Gasteiger partial charge >= 0.3 is 5.97 Å². The molecule has 0 saturated heterocycles. The van der Waals surface area contributed by atoms with Crippen LogP contribution in [0.1, 0.15) is 66.2 Å². The molecule has 5 nitrogen and oxygen atoms in total. The number of Topliss-reactive ketones (excluding diaryl/α,β-unsaturated/α-hetero) is 1. The second kappa shape index (κ2) is 11.7. The molecular formula is C18H29NO4. The largest absolute Gasteiger partial charge is 0.872 e. The summed E-state index contributed by atoms with van der Waals surface area (Å²) in [6.45, 7) is 2.13. The quantitative estimate of drug-likeness (QED) is 0.564. The van der Waals surface area contributed by atoms with Crippen LogP contribution < -0.4 is 10.0 Å². The molecule has 1 aromatic carbocycles. The predicted octanol–water partition coefficient (Wildman–Crippen LogP) is 1.76. The Bertz CT molecular complexity index is 495. The Morgan fingerprint density at radius 1 is 1.09 bits per heavy atom. The van der Waals surface area contributed by atoms with Crippen molar-refractivity contribution in [2.24, 2.45) is 0 Å². The van der Waals surface area contributed by atoms with Crippen molar-refractivity contribution in [2.45, 2.75) is 45.4 Å². The van der Waals surface area contributed by atoms with E-state index in [0.717, 1.165) is 31.7 Å². The van der Waals surface area contributed by atoms with Gasteiger partial charge in [0.15, 0.2) is 5.78 Å². The fourth-order valence-electron chi connectivity index (χ4n) is 1.90. The van der Waals surface area contributed by atoms with Gasteiger partial charge in [0.2, 0.25) is 0 Å². The summed E-state index contributed by atoms with van der Waals surface area (Å²) in [4.78, 5) is 24.1. The van der Waals surface area contributed by atoms with Gasteiger partial charge in [-0.1, -0.05) is 50.5 Å². The van der Waals surface area contributed by atoms with Crippen LogP contribution in [-0.4, -0.2) is 38.0 Å². The maximum Gasteiger partial charge on any atom is 0.335 e. The molecule has 0 heterocycles. The Balaban J connectivity index is 0.00000108. The zero-order chi connectivity index (χ0) is 17.8. The first-order valence-corrected chi connectivity index (χ1v) is 8.13. The van der Waals surface area contributed by atoms with Crippen LogP contribution in [0.3, 0.4) is 0 Å². The summed E-state index contributed by atoms with van der Waals surface area (Å²) in [6.07, 6.45) is 5.65. The van der Waals surface area contributed by atoms with Crippen molar-refractivity contribution in [1.29, 1.82) is 0 Å². The summed E-state index contributed by atoms with van der Waals surface area (Å²) in [5, 5.41) is 20.1. The number of ketones is 1. The number of hydrogen-bond acceptors (Lipinski definition) is 3. The normalized spacial score (nSPS) is 10.1. The van der Waals surface area contributed by atoms with Crippen LogP contribution in [0.2, 0.25) is 0 Å². The molecule has 0 spiro atoms. The average molecular weight is 323 g/mol. The number of unbranched alkanes of at least 4 members (excludes halogenated alkanes) is 4. The number of benzene rings is 1. The first kappa shape index (κ1) is 21.1. The molecule has 0 aliphatic carbocycles. The first-order valence-electron chi connectivity index (χ1n) is 8.13. The molecule has 1 rings (SSSR count). The van der Waals surface area contributed by atoms with Crippen molar-refractivity contribution in [3.8, 4) is 5.75 Å². The van der Waals surface area contributed by atoms with E-state index < -0.39 is 11.7 Å². The van der Waals surface area contributed by atoms with E-state index in [1.54, 1.807) is 0 Å². The molecule has 0 bridgehead atoms. The monoisotopic (exact) mass is 323 g/mol. The molecule has 0 aliphatic heterocycles. The van der Waals surface area contributed by atoms with E-state index in [2.05, 4.69) is 28.1 Å². The number of carbonyl (C=O) groups excluding carboxylic acids is 1. The van der Waals surface area contributed by atoms with Crippen molar-refractivity contribution >= 4 is 11.8 Å². The molecule has 0 atom stereocenters. The number of nitrogens with one attached hydrogen (secondary N) is 1. The summed E-state index contributed by atoms with van der Waals surface area (Å²) in [6, 6.07) is 3.73. The zero-order valence-electron chi connectivity index (χ0n) is 14.6. The Morgan fingerprint density at radius 3 is 2.17 bits per heavy atom.